The van der Waals surface area contributed by atoms with Gasteiger partial charge in [0.2, 0.25) is 0 Å². The average Bonchev–Trinajstić information content (AvgIpc) is 2.85. The Kier molecular flexibility index (Phi) is 8.73. The fraction of sp³-hybridized carbons (Fsp3) is 0.520. The van der Waals surface area contributed by atoms with E-state index in [4.69, 9.17) is 14.2 Å². The van der Waals surface area contributed by atoms with Crippen molar-refractivity contribution in [1.82, 2.24) is 5.32 Å². The molecule has 1 aliphatic heterocycles. The smallest absolute Gasteiger partial charge is 0.336 e. The summed E-state index contributed by atoms with van der Waals surface area (Å²) in [4.78, 5) is 40.3. The number of ether oxygens (including phenoxy) is 3. The Balaban J connectivity index is 1.75. The molecule has 0 unspecified atom stereocenters. The molecular weight excluding hydrogens is 456 g/mol. The number of dihydropyridines is 1. The molecule has 0 radical (unpaired) electrons. The van der Waals surface area contributed by atoms with E-state index in [2.05, 4.69) is 10.2 Å². The van der Waals surface area contributed by atoms with Gasteiger partial charge in [0.1, 0.15) is 5.75 Å². The van der Waals surface area contributed by atoms with Gasteiger partial charge in [-0.2, -0.15) is 0 Å². The van der Waals surface area contributed by atoms with Crippen molar-refractivity contribution in [3.8, 4) is 5.75 Å². The highest BCUT2D eigenvalue weighted by molar-refractivity contribution is 5.99. The van der Waals surface area contributed by atoms with Gasteiger partial charge in [-0.1, -0.05) is 12.1 Å². The number of rotatable bonds is 9. The third-order valence-corrected chi connectivity index (χ3v) is 6.63. The van der Waals surface area contributed by atoms with E-state index in [1.54, 1.807) is 13.8 Å². The number of nitrogens with one attached hydrogen (secondary N) is 1. The summed E-state index contributed by atoms with van der Waals surface area (Å²) in [7, 11) is 2.61. The molecule has 1 aromatic carbocycles. The standard InChI is InChI=1S/C25H32N2O8/c1-15-21(24(28)32-3)23(22(16(2)26-15)25(29)33-4)19-6-5-7-20(12-19)34-13-17-8-10-18(11-9-17)14-35-27(30)31/h5-7,12,17-18,23,26H,8-11,13-14H2,1-4H3/t17-,18-. The Labute approximate surface area is 204 Å². The number of carbonyl (C=O) groups excluding carboxylic acids is 2. The first-order valence-electron chi connectivity index (χ1n) is 11.6. The zero-order valence-electron chi connectivity index (χ0n) is 20.5. The normalized spacial score (nSPS) is 20.7. The molecule has 10 nitrogen and oxygen atoms in total. The zero-order valence-corrected chi connectivity index (χ0v) is 20.5. The summed E-state index contributed by atoms with van der Waals surface area (Å²) in [6, 6.07) is 7.34. The third kappa shape index (κ3) is 6.32. The Morgan fingerprint density at radius 2 is 1.51 bits per heavy atom. The minimum Gasteiger partial charge on any atom is -0.493 e. The molecule has 1 heterocycles. The number of nitrogens with zero attached hydrogens (tertiary/aromatic N) is 1. The largest absolute Gasteiger partial charge is 0.493 e. The fourth-order valence-corrected chi connectivity index (χ4v) is 4.82. The van der Waals surface area contributed by atoms with Crippen molar-refractivity contribution in [2.45, 2.75) is 45.4 Å². The zero-order chi connectivity index (χ0) is 25.5. The van der Waals surface area contributed by atoms with Crippen LogP contribution in [0.5, 0.6) is 5.75 Å². The maximum atomic E-state index is 12.7. The Morgan fingerprint density at radius 1 is 0.971 bits per heavy atom. The number of esters is 2. The van der Waals surface area contributed by atoms with Crippen LogP contribution in [0.3, 0.4) is 0 Å². The molecule has 0 bridgehead atoms. The van der Waals surface area contributed by atoms with Gasteiger partial charge in [-0.25, -0.2) is 9.59 Å². The summed E-state index contributed by atoms with van der Waals surface area (Å²) in [5.41, 5.74) is 2.60. The summed E-state index contributed by atoms with van der Waals surface area (Å²) in [6.07, 6.45) is 3.53. The second-order valence-corrected chi connectivity index (χ2v) is 8.91. The van der Waals surface area contributed by atoms with E-state index >= 15 is 0 Å². The van der Waals surface area contributed by atoms with Crippen LogP contribution in [0.15, 0.2) is 46.8 Å². The van der Waals surface area contributed by atoms with E-state index in [1.807, 2.05) is 24.3 Å². The monoisotopic (exact) mass is 488 g/mol. The molecule has 1 N–H and O–H groups in total. The predicted molar refractivity (Wildman–Crippen MR) is 126 cm³/mol. The number of hydrogen-bond acceptors (Lipinski definition) is 9. The maximum absolute atomic E-state index is 12.7. The highest BCUT2D eigenvalue weighted by Crippen LogP contribution is 2.40. The first kappa shape index (κ1) is 26.1. The van der Waals surface area contributed by atoms with E-state index in [-0.39, 0.29) is 12.5 Å². The van der Waals surface area contributed by atoms with Gasteiger partial charge in [0, 0.05) is 11.4 Å². The van der Waals surface area contributed by atoms with Crippen LogP contribution in [-0.2, 0) is 23.9 Å². The van der Waals surface area contributed by atoms with Crippen molar-refractivity contribution < 1.29 is 33.7 Å². The van der Waals surface area contributed by atoms with Crippen molar-refractivity contribution in [3.05, 3.63) is 62.5 Å². The van der Waals surface area contributed by atoms with Crippen LogP contribution in [0, 0.1) is 22.0 Å². The minimum atomic E-state index is -0.741. The first-order valence-corrected chi connectivity index (χ1v) is 11.6. The lowest BCUT2D eigenvalue weighted by atomic mass is 9.80. The van der Waals surface area contributed by atoms with Crippen molar-refractivity contribution in [3.63, 3.8) is 0 Å². The molecule has 0 aromatic heterocycles. The van der Waals surface area contributed by atoms with E-state index in [9.17, 15) is 19.7 Å². The van der Waals surface area contributed by atoms with Crippen LogP contribution < -0.4 is 10.1 Å². The van der Waals surface area contributed by atoms with Gasteiger partial charge in [0.15, 0.2) is 0 Å². The Morgan fingerprint density at radius 3 is 2.03 bits per heavy atom. The molecule has 0 spiro atoms. The summed E-state index contributed by atoms with van der Waals surface area (Å²) in [6.45, 7) is 4.19. The van der Waals surface area contributed by atoms with E-state index in [1.165, 1.54) is 14.2 Å². The molecule has 0 amide bonds. The van der Waals surface area contributed by atoms with Gasteiger partial charge in [0.25, 0.3) is 5.09 Å². The van der Waals surface area contributed by atoms with Crippen molar-refractivity contribution >= 4 is 11.9 Å². The van der Waals surface area contributed by atoms with Crippen LogP contribution in [0.2, 0.25) is 0 Å². The number of hydrogen-bond donors (Lipinski definition) is 1. The van der Waals surface area contributed by atoms with Gasteiger partial charge >= 0.3 is 11.9 Å². The molecule has 1 aliphatic carbocycles. The van der Waals surface area contributed by atoms with Crippen LogP contribution in [0.25, 0.3) is 0 Å². The van der Waals surface area contributed by atoms with Crippen LogP contribution >= 0.6 is 0 Å². The van der Waals surface area contributed by atoms with Gasteiger partial charge in [-0.15, -0.1) is 10.1 Å². The molecule has 0 atom stereocenters. The molecule has 1 fully saturated rings. The molecule has 190 valence electrons. The maximum Gasteiger partial charge on any atom is 0.336 e. The number of benzene rings is 1. The minimum absolute atomic E-state index is 0.143. The van der Waals surface area contributed by atoms with Gasteiger partial charge in [0.05, 0.1) is 44.5 Å². The topological polar surface area (TPSA) is 126 Å². The summed E-state index contributed by atoms with van der Waals surface area (Å²) < 4.78 is 16.1. The summed E-state index contributed by atoms with van der Waals surface area (Å²) >= 11 is 0. The van der Waals surface area contributed by atoms with Crippen LogP contribution in [0.4, 0.5) is 0 Å². The lowest BCUT2D eigenvalue weighted by molar-refractivity contribution is -0.759. The molecule has 2 aliphatic rings. The molecule has 10 heteroatoms. The van der Waals surface area contributed by atoms with Crippen molar-refractivity contribution in [1.29, 1.82) is 0 Å². The number of methoxy groups -OCH3 is 2. The van der Waals surface area contributed by atoms with Crippen LogP contribution in [0.1, 0.15) is 51.0 Å². The Hall–Kier alpha value is -3.56. The van der Waals surface area contributed by atoms with E-state index in [0.717, 1.165) is 25.7 Å². The highest BCUT2D eigenvalue weighted by atomic mass is 16.9. The molecule has 3 rings (SSSR count). The fourth-order valence-electron chi connectivity index (χ4n) is 4.82. The van der Waals surface area contributed by atoms with Crippen molar-refractivity contribution in [2.24, 2.45) is 11.8 Å². The quantitative estimate of drug-likeness (QED) is 0.315. The average molecular weight is 489 g/mol. The highest BCUT2D eigenvalue weighted by Gasteiger charge is 2.37. The second-order valence-electron chi connectivity index (χ2n) is 8.91. The molecule has 1 saturated carbocycles. The lowest BCUT2D eigenvalue weighted by Crippen LogP contribution is -2.32. The SMILES string of the molecule is COC(=O)C1=C(C)NC(C)=C(C(=O)OC)C1c1cccc(OC[C@H]2CC[C@H](CO[N+](=O)[O-])CC2)c1. The van der Waals surface area contributed by atoms with Crippen molar-refractivity contribution in [2.75, 3.05) is 27.4 Å². The molecule has 1 aromatic rings. The molecule has 0 saturated heterocycles. The molecular formula is C25H32N2O8. The first-order chi connectivity index (χ1) is 16.7. The van der Waals surface area contributed by atoms with Gasteiger partial charge in [-0.05, 0) is 69.1 Å². The van der Waals surface area contributed by atoms with Gasteiger partial charge in [-0.3, -0.25) is 0 Å². The summed E-state index contributed by atoms with van der Waals surface area (Å²) in [5.74, 6) is -0.570. The van der Waals surface area contributed by atoms with Gasteiger partial charge < -0.3 is 24.4 Å². The predicted octanol–water partition coefficient (Wildman–Crippen LogP) is 3.66. The van der Waals surface area contributed by atoms with E-state index in [0.29, 0.717) is 46.4 Å². The second kappa shape index (κ2) is 11.7. The lowest BCUT2D eigenvalue weighted by Gasteiger charge is -2.30. The van der Waals surface area contributed by atoms with E-state index < -0.39 is 22.9 Å². The third-order valence-electron chi connectivity index (χ3n) is 6.63. The Bertz CT molecular complexity index is 986. The number of carbonyl (C=O) groups is 2. The van der Waals surface area contributed by atoms with Crippen LogP contribution in [-0.4, -0.2) is 44.5 Å². The molecule has 35 heavy (non-hydrogen) atoms. The number of allylic oxidation sites excluding steroid dienone is 2. The summed E-state index contributed by atoms with van der Waals surface area (Å²) in [5, 5.41) is 12.7.